The van der Waals surface area contributed by atoms with Crippen molar-refractivity contribution in [1.29, 1.82) is 0 Å². The van der Waals surface area contributed by atoms with E-state index in [1.165, 1.54) is 11.1 Å². The van der Waals surface area contributed by atoms with Gasteiger partial charge in [-0.15, -0.1) is 24.0 Å². The lowest BCUT2D eigenvalue weighted by Crippen LogP contribution is -2.38. The van der Waals surface area contributed by atoms with Gasteiger partial charge < -0.3 is 15.4 Å². The van der Waals surface area contributed by atoms with E-state index in [1.807, 2.05) is 29.1 Å². The summed E-state index contributed by atoms with van der Waals surface area (Å²) in [4.78, 5) is 15.7. The normalized spacial score (nSPS) is 14.5. The van der Waals surface area contributed by atoms with E-state index < -0.39 is 0 Å². The Labute approximate surface area is 212 Å². The van der Waals surface area contributed by atoms with Gasteiger partial charge in [-0.25, -0.2) is 15.0 Å². The van der Waals surface area contributed by atoms with Crippen LogP contribution in [-0.2, 0) is 24.4 Å². The first kappa shape index (κ1) is 25.1. The summed E-state index contributed by atoms with van der Waals surface area (Å²) >= 11 is 0. The number of halogens is 1. The molecule has 0 amide bonds. The molecule has 0 saturated carbocycles. The number of ether oxygens (including phenoxy) is 1. The van der Waals surface area contributed by atoms with Gasteiger partial charge in [0.2, 0.25) is 0 Å². The molecule has 1 aromatic carbocycles. The van der Waals surface area contributed by atoms with Crippen molar-refractivity contribution >= 4 is 29.9 Å². The number of hydrogen-bond donors (Lipinski definition) is 2. The van der Waals surface area contributed by atoms with Crippen molar-refractivity contribution in [3.63, 3.8) is 0 Å². The van der Waals surface area contributed by atoms with Gasteiger partial charge in [-0.3, -0.25) is 9.47 Å². The molecule has 2 N–H and O–H groups in total. The molecule has 0 unspecified atom stereocenters. The quantitative estimate of drug-likeness (QED) is 0.250. The van der Waals surface area contributed by atoms with Crippen molar-refractivity contribution in [2.75, 3.05) is 32.8 Å². The van der Waals surface area contributed by atoms with Gasteiger partial charge in [-0.05, 0) is 35.7 Å². The average Bonchev–Trinajstić information content (AvgIpc) is 3.38. The van der Waals surface area contributed by atoms with Crippen LogP contribution in [0.2, 0.25) is 0 Å². The first-order chi connectivity index (χ1) is 15.8. The van der Waals surface area contributed by atoms with Crippen molar-refractivity contribution in [3.8, 4) is 5.82 Å². The van der Waals surface area contributed by atoms with E-state index in [-0.39, 0.29) is 24.0 Å². The zero-order valence-electron chi connectivity index (χ0n) is 19.0. The highest BCUT2D eigenvalue weighted by molar-refractivity contribution is 14.0. The predicted molar refractivity (Wildman–Crippen MR) is 141 cm³/mol. The van der Waals surface area contributed by atoms with E-state index in [2.05, 4.69) is 56.7 Å². The molecule has 0 radical (unpaired) electrons. The Balaban J connectivity index is 0.00000306. The monoisotopic (exact) mass is 561 g/mol. The third-order valence-corrected chi connectivity index (χ3v) is 5.41. The van der Waals surface area contributed by atoms with E-state index in [4.69, 9.17) is 9.73 Å². The van der Waals surface area contributed by atoms with Gasteiger partial charge in [0.1, 0.15) is 12.1 Å². The predicted octanol–water partition coefficient (Wildman–Crippen LogP) is 2.97. The molecule has 3 aromatic rings. The molecule has 8 nitrogen and oxygen atoms in total. The number of aliphatic imine (C=N–C) groups is 1. The number of imidazole rings is 1. The first-order valence-electron chi connectivity index (χ1n) is 11.1. The number of benzene rings is 1. The Hall–Kier alpha value is -2.50. The van der Waals surface area contributed by atoms with Crippen LogP contribution in [0.25, 0.3) is 5.82 Å². The highest BCUT2D eigenvalue weighted by atomic mass is 127. The zero-order chi connectivity index (χ0) is 22.0. The largest absolute Gasteiger partial charge is 0.379 e. The number of morpholine rings is 1. The molecule has 0 bridgehead atoms. The number of aromatic nitrogens is 3. The summed E-state index contributed by atoms with van der Waals surface area (Å²) in [6.07, 6.45) is 7.18. The molecule has 9 heteroatoms. The number of nitrogens with zero attached hydrogens (tertiary/aromatic N) is 5. The van der Waals surface area contributed by atoms with Crippen molar-refractivity contribution in [2.45, 2.75) is 26.6 Å². The maximum Gasteiger partial charge on any atom is 0.191 e. The number of guanidine groups is 1. The zero-order valence-corrected chi connectivity index (χ0v) is 21.3. The summed E-state index contributed by atoms with van der Waals surface area (Å²) in [5.41, 5.74) is 3.72. The number of rotatable bonds is 8. The molecule has 3 heterocycles. The minimum Gasteiger partial charge on any atom is -0.379 e. The van der Waals surface area contributed by atoms with Crippen molar-refractivity contribution in [2.24, 2.45) is 4.99 Å². The molecule has 0 spiro atoms. The number of hydrogen-bond acceptors (Lipinski definition) is 5. The highest BCUT2D eigenvalue weighted by Crippen LogP contribution is 2.13. The van der Waals surface area contributed by atoms with Gasteiger partial charge in [-0.2, -0.15) is 0 Å². The fraction of sp³-hybridized carbons (Fsp3) is 0.375. The van der Waals surface area contributed by atoms with Crippen LogP contribution in [-0.4, -0.2) is 58.2 Å². The maximum absolute atomic E-state index is 5.48. The average molecular weight is 561 g/mol. The second-order valence-corrected chi connectivity index (χ2v) is 7.70. The second kappa shape index (κ2) is 13.3. The van der Waals surface area contributed by atoms with Gasteiger partial charge in [0.15, 0.2) is 5.96 Å². The van der Waals surface area contributed by atoms with Crippen LogP contribution in [0, 0.1) is 0 Å². The van der Waals surface area contributed by atoms with Gasteiger partial charge in [-0.1, -0.05) is 24.3 Å². The van der Waals surface area contributed by atoms with Gasteiger partial charge in [0.05, 0.1) is 19.8 Å². The van der Waals surface area contributed by atoms with Gasteiger partial charge >= 0.3 is 0 Å². The molecule has 0 atom stereocenters. The van der Waals surface area contributed by atoms with Crippen molar-refractivity contribution < 1.29 is 4.74 Å². The van der Waals surface area contributed by atoms with Crippen LogP contribution >= 0.6 is 24.0 Å². The number of pyridine rings is 1. The lowest BCUT2D eigenvalue weighted by molar-refractivity contribution is 0.0341. The van der Waals surface area contributed by atoms with Crippen LogP contribution < -0.4 is 10.6 Å². The molecule has 176 valence electrons. The summed E-state index contributed by atoms with van der Waals surface area (Å²) in [5, 5.41) is 6.84. The summed E-state index contributed by atoms with van der Waals surface area (Å²) in [6, 6.07) is 12.6. The Kier molecular flexibility index (Phi) is 10.1. The summed E-state index contributed by atoms with van der Waals surface area (Å²) in [7, 11) is 0. The summed E-state index contributed by atoms with van der Waals surface area (Å²) in [5.74, 6) is 1.64. The van der Waals surface area contributed by atoms with Crippen molar-refractivity contribution in [3.05, 3.63) is 78.0 Å². The fourth-order valence-electron chi connectivity index (χ4n) is 3.67. The third-order valence-electron chi connectivity index (χ3n) is 5.41. The summed E-state index contributed by atoms with van der Waals surface area (Å²) in [6.45, 7) is 8.72. The van der Waals surface area contributed by atoms with Crippen LogP contribution in [0.5, 0.6) is 0 Å². The van der Waals surface area contributed by atoms with E-state index in [0.29, 0.717) is 6.54 Å². The van der Waals surface area contributed by atoms with E-state index in [0.717, 1.165) is 63.3 Å². The Morgan fingerprint density at radius 2 is 1.91 bits per heavy atom. The minimum absolute atomic E-state index is 0. The van der Waals surface area contributed by atoms with Gasteiger partial charge in [0, 0.05) is 51.3 Å². The first-order valence-corrected chi connectivity index (χ1v) is 11.1. The molecule has 1 aliphatic rings. The van der Waals surface area contributed by atoms with Crippen LogP contribution in [0.4, 0.5) is 0 Å². The fourth-order valence-corrected chi connectivity index (χ4v) is 3.67. The van der Waals surface area contributed by atoms with Crippen LogP contribution in [0.15, 0.2) is 66.3 Å². The smallest absolute Gasteiger partial charge is 0.191 e. The van der Waals surface area contributed by atoms with E-state index in [1.54, 1.807) is 12.5 Å². The molecular formula is C24H32IN7O. The van der Waals surface area contributed by atoms with E-state index >= 15 is 0 Å². The molecule has 0 aliphatic carbocycles. The molecular weight excluding hydrogens is 529 g/mol. The summed E-state index contributed by atoms with van der Waals surface area (Å²) < 4.78 is 7.37. The van der Waals surface area contributed by atoms with Crippen LogP contribution in [0.1, 0.15) is 23.6 Å². The number of nitrogens with one attached hydrogen (secondary N) is 2. The van der Waals surface area contributed by atoms with E-state index in [9.17, 15) is 0 Å². The Morgan fingerprint density at radius 3 is 2.67 bits per heavy atom. The molecule has 1 aliphatic heterocycles. The lowest BCUT2D eigenvalue weighted by Gasteiger charge is -2.27. The maximum atomic E-state index is 5.48. The van der Waals surface area contributed by atoms with Crippen molar-refractivity contribution in [1.82, 2.24) is 30.1 Å². The standard InChI is InChI=1S/C24H31N7O.HI/c1-2-26-24(28-16-20-7-8-27-23(15-20)31-10-9-25-19-31)29-17-21-5-3-4-6-22(21)18-30-11-13-32-14-12-30;/h3-10,15,19H,2,11-14,16-18H2,1H3,(H2,26,28,29);1H. The third kappa shape index (κ3) is 7.51. The Bertz CT molecular complexity index is 1000. The lowest BCUT2D eigenvalue weighted by atomic mass is 10.1. The van der Waals surface area contributed by atoms with Crippen LogP contribution in [0.3, 0.4) is 0 Å². The highest BCUT2D eigenvalue weighted by Gasteiger charge is 2.13. The molecule has 2 aromatic heterocycles. The molecule has 33 heavy (non-hydrogen) atoms. The van der Waals surface area contributed by atoms with Gasteiger partial charge in [0.25, 0.3) is 0 Å². The minimum atomic E-state index is 0. The topological polar surface area (TPSA) is 79.6 Å². The Morgan fingerprint density at radius 1 is 1.09 bits per heavy atom. The second-order valence-electron chi connectivity index (χ2n) is 7.70. The SMILES string of the molecule is CCNC(=NCc1ccnc(-n2ccnc2)c1)NCc1ccccc1CN1CCOCC1.I. The molecule has 4 rings (SSSR count). The molecule has 1 fully saturated rings. The molecule has 1 saturated heterocycles.